The molecule has 3 N–H and O–H groups in total. The van der Waals surface area contributed by atoms with Crippen molar-refractivity contribution in [3.8, 4) is 5.69 Å². The van der Waals surface area contributed by atoms with E-state index in [9.17, 15) is 14.7 Å². The maximum atomic E-state index is 13.1. The minimum Gasteiger partial charge on any atom is -0.477 e. The summed E-state index contributed by atoms with van der Waals surface area (Å²) in [7, 11) is 0. The summed E-state index contributed by atoms with van der Waals surface area (Å²) >= 11 is 5.98. The zero-order chi connectivity index (χ0) is 27.4. The van der Waals surface area contributed by atoms with Gasteiger partial charge in [0.1, 0.15) is 5.69 Å². The number of carboxylic acids is 1. The normalized spacial score (nSPS) is 11.2. The van der Waals surface area contributed by atoms with Crippen LogP contribution in [0.1, 0.15) is 38.2 Å². The first-order valence-electron chi connectivity index (χ1n) is 12.7. The summed E-state index contributed by atoms with van der Waals surface area (Å²) in [6.07, 6.45) is 0. The molecule has 0 spiro atoms. The number of carbonyl (C=O) groups excluding carboxylic acids is 1. The molecule has 0 fully saturated rings. The molecule has 0 bridgehead atoms. The molecule has 1 heterocycles. The van der Waals surface area contributed by atoms with Crippen molar-refractivity contribution in [2.45, 2.75) is 27.7 Å². The van der Waals surface area contributed by atoms with Crippen LogP contribution in [0.15, 0.2) is 72.8 Å². The molecule has 4 aromatic rings. The molecule has 0 atom stereocenters. The van der Waals surface area contributed by atoms with Crippen LogP contribution < -0.4 is 15.5 Å². The molecule has 198 valence electrons. The van der Waals surface area contributed by atoms with Crippen molar-refractivity contribution in [1.29, 1.82) is 0 Å². The standard InChI is InChI=1S/C30H33ClN4O3/c1-19(2)17-34(18-20(3)4)27-14-13-24(35-26-8-6-5-7-21(26)15-28(35)29(36)37)16-25(27)33-30(38)32-23-11-9-22(31)10-12-23/h5-16,19-20H,17-18H2,1-4H3,(H,36,37)(H2,32,33,38). The maximum absolute atomic E-state index is 13.1. The number of carboxylic acid groups (broad SMARTS) is 1. The van der Waals surface area contributed by atoms with Gasteiger partial charge in [0.15, 0.2) is 0 Å². The molecule has 7 nitrogen and oxygen atoms in total. The lowest BCUT2D eigenvalue weighted by Gasteiger charge is -2.31. The van der Waals surface area contributed by atoms with E-state index in [0.29, 0.717) is 33.9 Å². The first kappa shape index (κ1) is 27.1. The fourth-order valence-electron chi connectivity index (χ4n) is 4.60. The first-order valence-corrected chi connectivity index (χ1v) is 13.1. The fourth-order valence-corrected chi connectivity index (χ4v) is 4.73. The summed E-state index contributed by atoms with van der Waals surface area (Å²) in [5.74, 6) is -0.228. The topological polar surface area (TPSA) is 86.6 Å². The number of rotatable bonds is 9. The van der Waals surface area contributed by atoms with Gasteiger partial charge >= 0.3 is 12.0 Å². The highest BCUT2D eigenvalue weighted by Crippen LogP contribution is 2.33. The first-order chi connectivity index (χ1) is 18.1. The van der Waals surface area contributed by atoms with Gasteiger partial charge in [-0.15, -0.1) is 0 Å². The number of nitrogens with one attached hydrogen (secondary N) is 2. The number of hydrogen-bond acceptors (Lipinski definition) is 3. The highest BCUT2D eigenvalue weighted by atomic mass is 35.5. The van der Waals surface area contributed by atoms with Gasteiger partial charge in [0, 0.05) is 34.9 Å². The van der Waals surface area contributed by atoms with Crippen LogP contribution in [0.2, 0.25) is 5.02 Å². The lowest BCUT2D eigenvalue weighted by atomic mass is 10.1. The molecule has 2 amide bonds. The number of benzene rings is 3. The van der Waals surface area contributed by atoms with Crippen molar-refractivity contribution in [2.75, 3.05) is 28.6 Å². The predicted molar refractivity (Wildman–Crippen MR) is 156 cm³/mol. The van der Waals surface area contributed by atoms with Gasteiger partial charge in [-0.05, 0) is 66.4 Å². The zero-order valence-electron chi connectivity index (χ0n) is 22.0. The Morgan fingerprint density at radius 1 is 0.895 bits per heavy atom. The van der Waals surface area contributed by atoms with Crippen LogP contribution in [0.3, 0.4) is 0 Å². The Kier molecular flexibility index (Phi) is 8.27. The fraction of sp³-hybridized carbons (Fsp3) is 0.267. The molecule has 0 unspecified atom stereocenters. The molecule has 0 saturated carbocycles. The molecule has 1 aromatic heterocycles. The Labute approximate surface area is 228 Å². The van der Waals surface area contributed by atoms with Gasteiger partial charge in [-0.3, -0.25) is 0 Å². The minimum absolute atomic E-state index is 0.150. The second-order valence-electron chi connectivity index (χ2n) is 10.2. The van der Waals surface area contributed by atoms with Crippen molar-refractivity contribution >= 4 is 51.6 Å². The van der Waals surface area contributed by atoms with E-state index in [4.69, 9.17) is 11.6 Å². The van der Waals surface area contributed by atoms with Gasteiger partial charge < -0.3 is 25.2 Å². The number of hydrogen-bond donors (Lipinski definition) is 3. The van der Waals surface area contributed by atoms with Crippen LogP contribution >= 0.6 is 11.6 Å². The van der Waals surface area contributed by atoms with Crippen LogP contribution in [0.4, 0.5) is 21.9 Å². The smallest absolute Gasteiger partial charge is 0.352 e. The van der Waals surface area contributed by atoms with Gasteiger partial charge in [-0.1, -0.05) is 57.5 Å². The average Bonchev–Trinajstić information content (AvgIpc) is 3.24. The number of amides is 2. The average molecular weight is 533 g/mol. The van der Waals surface area contributed by atoms with E-state index in [-0.39, 0.29) is 5.69 Å². The summed E-state index contributed by atoms with van der Waals surface area (Å²) in [5, 5.41) is 17.2. The molecule has 0 radical (unpaired) electrons. The highest BCUT2D eigenvalue weighted by molar-refractivity contribution is 6.30. The Morgan fingerprint density at radius 3 is 2.18 bits per heavy atom. The van der Waals surface area contributed by atoms with Gasteiger partial charge in [0.25, 0.3) is 0 Å². The maximum Gasteiger partial charge on any atom is 0.352 e. The Hall–Kier alpha value is -3.97. The molecule has 0 aliphatic heterocycles. The largest absolute Gasteiger partial charge is 0.477 e. The van der Waals surface area contributed by atoms with Crippen molar-refractivity contribution in [2.24, 2.45) is 11.8 Å². The lowest BCUT2D eigenvalue weighted by Crippen LogP contribution is -2.32. The molecule has 8 heteroatoms. The van der Waals surface area contributed by atoms with Gasteiger partial charge in [-0.2, -0.15) is 0 Å². The van der Waals surface area contributed by atoms with Crippen molar-refractivity contribution in [3.05, 3.63) is 83.5 Å². The SMILES string of the molecule is CC(C)CN(CC(C)C)c1ccc(-n2c(C(=O)O)cc3ccccc32)cc1NC(=O)Nc1ccc(Cl)cc1. The third-order valence-corrected chi connectivity index (χ3v) is 6.28. The number of aromatic carboxylic acids is 1. The number of nitrogens with zero attached hydrogens (tertiary/aromatic N) is 2. The van der Waals surface area contributed by atoms with Crippen LogP contribution in [0.5, 0.6) is 0 Å². The van der Waals surface area contributed by atoms with Gasteiger partial charge in [-0.25, -0.2) is 9.59 Å². The zero-order valence-corrected chi connectivity index (χ0v) is 22.8. The monoisotopic (exact) mass is 532 g/mol. The summed E-state index contributed by atoms with van der Waals surface area (Å²) < 4.78 is 1.71. The van der Waals surface area contributed by atoms with E-state index in [1.807, 2.05) is 42.5 Å². The van der Waals surface area contributed by atoms with Crippen molar-refractivity contribution in [1.82, 2.24) is 4.57 Å². The van der Waals surface area contributed by atoms with Gasteiger partial charge in [0.05, 0.1) is 16.9 Å². The van der Waals surface area contributed by atoms with Crippen LogP contribution in [-0.4, -0.2) is 34.8 Å². The molecule has 0 aliphatic rings. The van der Waals surface area contributed by atoms with Gasteiger partial charge in [0.2, 0.25) is 0 Å². The Balaban J connectivity index is 1.80. The Morgan fingerprint density at radius 2 is 1.55 bits per heavy atom. The number of para-hydroxylation sites is 1. The van der Waals surface area contributed by atoms with E-state index in [2.05, 4.69) is 43.2 Å². The van der Waals surface area contributed by atoms with Crippen LogP contribution in [-0.2, 0) is 0 Å². The predicted octanol–water partition coefficient (Wildman–Crippen LogP) is 7.74. The third kappa shape index (κ3) is 6.29. The molecular weight excluding hydrogens is 500 g/mol. The van der Waals surface area contributed by atoms with E-state index in [1.165, 1.54) is 0 Å². The van der Waals surface area contributed by atoms with Crippen molar-refractivity contribution < 1.29 is 14.7 Å². The van der Waals surface area contributed by atoms with E-state index in [0.717, 1.165) is 29.7 Å². The summed E-state index contributed by atoms with van der Waals surface area (Å²) in [6, 6.07) is 21.4. The highest BCUT2D eigenvalue weighted by Gasteiger charge is 2.20. The summed E-state index contributed by atoms with van der Waals surface area (Å²) in [6.45, 7) is 10.2. The molecule has 0 aliphatic carbocycles. The number of halogens is 1. The van der Waals surface area contributed by atoms with E-state index in [1.54, 1.807) is 34.9 Å². The van der Waals surface area contributed by atoms with Crippen LogP contribution in [0, 0.1) is 11.8 Å². The molecular formula is C30H33ClN4O3. The van der Waals surface area contributed by atoms with Crippen molar-refractivity contribution in [3.63, 3.8) is 0 Å². The van der Waals surface area contributed by atoms with E-state index < -0.39 is 12.0 Å². The molecule has 3 aromatic carbocycles. The second kappa shape index (κ2) is 11.6. The second-order valence-corrected chi connectivity index (χ2v) is 10.6. The third-order valence-electron chi connectivity index (χ3n) is 6.03. The Bertz CT molecular complexity index is 1430. The number of anilines is 3. The summed E-state index contributed by atoms with van der Waals surface area (Å²) in [5.41, 5.74) is 3.63. The number of carbonyl (C=O) groups is 2. The quantitative estimate of drug-likeness (QED) is 0.206. The summed E-state index contributed by atoms with van der Waals surface area (Å²) in [4.78, 5) is 27.5. The molecule has 38 heavy (non-hydrogen) atoms. The lowest BCUT2D eigenvalue weighted by molar-refractivity contribution is 0.0688. The van der Waals surface area contributed by atoms with E-state index >= 15 is 0 Å². The minimum atomic E-state index is -1.03. The number of aromatic nitrogens is 1. The molecule has 0 saturated heterocycles. The number of fused-ring (bicyclic) bond motifs is 1. The number of urea groups is 1. The molecule has 4 rings (SSSR count). The van der Waals surface area contributed by atoms with Crippen LogP contribution in [0.25, 0.3) is 16.6 Å².